The van der Waals surface area contributed by atoms with E-state index in [-0.39, 0.29) is 0 Å². The van der Waals surface area contributed by atoms with Crippen LogP contribution in [0.5, 0.6) is 5.75 Å². The summed E-state index contributed by atoms with van der Waals surface area (Å²) in [7, 11) is 1.76. The molecule has 23 heavy (non-hydrogen) atoms. The normalized spacial score (nSPS) is 21.1. The van der Waals surface area contributed by atoms with E-state index < -0.39 is 0 Å². The first-order valence-electron chi connectivity index (χ1n) is 8.59. The molecule has 0 spiro atoms. The summed E-state index contributed by atoms with van der Waals surface area (Å²) in [6, 6.07) is 17.4. The Kier molecular flexibility index (Phi) is 5.31. The van der Waals surface area contributed by atoms with Crippen molar-refractivity contribution in [1.29, 1.82) is 0 Å². The van der Waals surface area contributed by atoms with Crippen LogP contribution in [0.4, 0.5) is 0 Å². The van der Waals surface area contributed by atoms with Crippen LogP contribution in [0.25, 0.3) is 0 Å². The summed E-state index contributed by atoms with van der Waals surface area (Å²) in [5.74, 6) is 1.02. The molecule has 3 rings (SSSR count). The Bertz CT molecular complexity index is 616. The number of piperazine rings is 1. The van der Waals surface area contributed by atoms with Crippen molar-refractivity contribution in [2.75, 3.05) is 33.3 Å². The Balaban J connectivity index is 1.51. The zero-order valence-corrected chi connectivity index (χ0v) is 14.3. The molecule has 3 heteroatoms. The maximum absolute atomic E-state index is 5.48. The molecule has 1 aliphatic heterocycles. The summed E-state index contributed by atoms with van der Waals surface area (Å²) in [6.07, 6.45) is 0. The molecule has 1 heterocycles. The van der Waals surface area contributed by atoms with Crippen LogP contribution in [0.15, 0.2) is 48.5 Å². The molecule has 1 fully saturated rings. The van der Waals surface area contributed by atoms with Crippen LogP contribution in [-0.2, 0) is 13.1 Å². The number of hydrogen-bond acceptors (Lipinski definition) is 1. The van der Waals surface area contributed by atoms with Gasteiger partial charge in [-0.2, -0.15) is 0 Å². The molecular weight excluding hydrogens is 284 g/mol. The number of methoxy groups -OCH3 is 1. The lowest BCUT2D eigenvalue weighted by molar-refractivity contribution is -1.02. The average Bonchev–Trinajstić information content (AvgIpc) is 2.59. The van der Waals surface area contributed by atoms with Crippen molar-refractivity contribution in [3.63, 3.8) is 0 Å². The number of para-hydroxylation sites is 1. The highest BCUT2D eigenvalue weighted by molar-refractivity contribution is 5.32. The maximum Gasteiger partial charge on any atom is 0.127 e. The smallest absolute Gasteiger partial charge is 0.127 e. The fourth-order valence-electron chi connectivity index (χ4n) is 3.42. The van der Waals surface area contributed by atoms with E-state index in [1.807, 2.05) is 6.07 Å². The van der Waals surface area contributed by atoms with Gasteiger partial charge in [-0.05, 0) is 19.1 Å². The molecule has 0 aliphatic carbocycles. The third kappa shape index (κ3) is 4.34. The topological polar surface area (TPSA) is 18.1 Å². The highest BCUT2D eigenvalue weighted by Crippen LogP contribution is 2.15. The minimum Gasteiger partial charge on any atom is -0.496 e. The molecule has 2 aromatic carbocycles. The van der Waals surface area contributed by atoms with Gasteiger partial charge in [-0.1, -0.05) is 42.0 Å². The summed E-state index contributed by atoms with van der Waals surface area (Å²) < 4.78 is 5.48. The van der Waals surface area contributed by atoms with E-state index in [9.17, 15) is 0 Å². The standard InChI is InChI=1S/C20H26N2O/c1-17-7-9-18(10-8-17)15-21-11-13-22(14-12-21)16-19-5-3-4-6-20(19)23-2/h3-10H,11-16H2,1-2H3/p+2. The van der Waals surface area contributed by atoms with Crippen molar-refractivity contribution in [2.24, 2.45) is 0 Å². The van der Waals surface area contributed by atoms with Gasteiger partial charge in [0.1, 0.15) is 45.0 Å². The second-order valence-electron chi connectivity index (χ2n) is 6.65. The van der Waals surface area contributed by atoms with Gasteiger partial charge in [0.05, 0.1) is 7.11 Å². The first-order chi connectivity index (χ1) is 11.2. The van der Waals surface area contributed by atoms with Gasteiger partial charge < -0.3 is 14.5 Å². The highest BCUT2D eigenvalue weighted by Gasteiger charge is 2.23. The minimum absolute atomic E-state index is 1.02. The molecule has 1 saturated heterocycles. The fourth-order valence-corrected chi connectivity index (χ4v) is 3.42. The van der Waals surface area contributed by atoms with Crippen LogP contribution in [0.2, 0.25) is 0 Å². The molecule has 2 N–H and O–H groups in total. The molecule has 0 unspecified atom stereocenters. The summed E-state index contributed by atoms with van der Waals surface area (Å²) in [6.45, 7) is 9.34. The van der Waals surface area contributed by atoms with Crippen LogP contribution < -0.4 is 14.5 Å². The lowest BCUT2D eigenvalue weighted by Gasteiger charge is -2.30. The van der Waals surface area contributed by atoms with Crippen LogP contribution in [-0.4, -0.2) is 33.3 Å². The molecule has 2 aromatic rings. The molecule has 0 saturated carbocycles. The third-order valence-electron chi connectivity index (χ3n) is 4.87. The van der Waals surface area contributed by atoms with E-state index >= 15 is 0 Å². The molecule has 0 bridgehead atoms. The molecule has 0 atom stereocenters. The van der Waals surface area contributed by atoms with E-state index in [2.05, 4.69) is 49.4 Å². The van der Waals surface area contributed by atoms with Crippen molar-refractivity contribution >= 4 is 0 Å². The number of aryl methyl sites for hydroxylation is 1. The number of quaternary nitrogens is 2. The number of ether oxygens (including phenoxy) is 1. The largest absolute Gasteiger partial charge is 0.496 e. The summed E-state index contributed by atoms with van der Waals surface area (Å²) >= 11 is 0. The quantitative estimate of drug-likeness (QED) is 0.822. The van der Waals surface area contributed by atoms with Crippen molar-refractivity contribution in [3.05, 3.63) is 65.2 Å². The van der Waals surface area contributed by atoms with Crippen molar-refractivity contribution in [1.82, 2.24) is 0 Å². The maximum atomic E-state index is 5.48. The zero-order chi connectivity index (χ0) is 16.1. The first-order valence-corrected chi connectivity index (χ1v) is 8.59. The fraction of sp³-hybridized carbons (Fsp3) is 0.400. The van der Waals surface area contributed by atoms with Gasteiger partial charge in [0.2, 0.25) is 0 Å². The summed E-state index contributed by atoms with van der Waals surface area (Å²) in [5, 5.41) is 0. The Labute approximate surface area is 139 Å². The minimum atomic E-state index is 1.02. The van der Waals surface area contributed by atoms with Gasteiger partial charge >= 0.3 is 0 Å². The van der Waals surface area contributed by atoms with Crippen molar-refractivity contribution in [2.45, 2.75) is 20.0 Å². The van der Waals surface area contributed by atoms with Gasteiger partial charge in [-0.3, -0.25) is 0 Å². The lowest BCUT2D eigenvalue weighted by atomic mass is 10.1. The molecular formula is C20H28N2O+2. The number of nitrogens with one attached hydrogen (secondary N) is 2. The highest BCUT2D eigenvalue weighted by atomic mass is 16.5. The number of rotatable bonds is 5. The Morgan fingerprint density at radius 2 is 1.43 bits per heavy atom. The summed E-state index contributed by atoms with van der Waals surface area (Å²) in [4.78, 5) is 3.37. The molecule has 122 valence electrons. The monoisotopic (exact) mass is 312 g/mol. The molecule has 0 aromatic heterocycles. The lowest BCUT2D eigenvalue weighted by Crippen LogP contribution is -3.27. The van der Waals surface area contributed by atoms with Gasteiger partial charge in [-0.25, -0.2) is 0 Å². The Morgan fingerprint density at radius 1 is 0.826 bits per heavy atom. The van der Waals surface area contributed by atoms with E-state index in [4.69, 9.17) is 4.74 Å². The Hall–Kier alpha value is -1.84. The van der Waals surface area contributed by atoms with Gasteiger partial charge in [0.15, 0.2) is 0 Å². The molecule has 0 amide bonds. The molecule has 0 radical (unpaired) electrons. The second-order valence-corrected chi connectivity index (χ2v) is 6.65. The van der Waals surface area contributed by atoms with Crippen LogP contribution >= 0.6 is 0 Å². The SMILES string of the molecule is COc1ccccc1C[NH+]1CC[NH+](Cc2ccc(C)cc2)CC1. The Morgan fingerprint density at radius 3 is 2.09 bits per heavy atom. The van der Waals surface area contributed by atoms with Gasteiger partial charge in [-0.15, -0.1) is 0 Å². The third-order valence-corrected chi connectivity index (χ3v) is 4.87. The number of hydrogen-bond donors (Lipinski definition) is 2. The predicted octanol–water partition coefficient (Wildman–Crippen LogP) is 0.487. The van der Waals surface area contributed by atoms with Crippen molar-refractivity contribution in [3.8, 4) is 5.75 Å². The van der Waals surface area contributed by atoms with Crippen molar-refractivity contribution < 1.29 is 14.5 Å². The predicted molar refractivity (Wildman–Crippen MR) is 93.0 cm³/mol. The van der Waals surface area contributed by atoms with E-state index in [0.29, 0.717) is 0 Å². The van der Waals surface area contributed by atoms with E-state index in [1.165, 1.54) is 42.9 Å². The van der Waals surface area contributed by atoms with E-state index in [1.54, 1.807) is 16.9 Å². The van der Waals surface area contributed by atoms with Crippen LogP contribution in [0, 0.1) is 6.92 Å². The molecule has 1 aliphatic rings. The second kappa shape index (κ2) is 7.62. The van der Waals surface area contributed by atoms with Crippen LogP contribution in [0.1, 0.15) is 16.7 Å². The van der Waals surface area contributed by atoms with E-state index in [0.717, 1.165) is 18.8 Å². The van der Waals surface area contributed by atoms with Crippen LogP contribution in [0.3, 0.4) is 0 Å². The zero-order valence-electron chi connectivity index (χ0n) is 14.3. The molecule has 3 nitrogen and oxygen atoms in total. The first kappa shape index (κ1) is 16.0. The average molecular weight is 312 g/mol. The van der Waals surface area contributed by atoms with Gasteiger partial charge in [0.25, 0.3) is 0 Å². The van der Waals surface area contributed by atoms with Gasteiger partial charge in [0, 0.05) is 11.1 Å². The number of benzene rings is 2. The summed E-state index contributed by atoms with van der Waals surface area (Å²) in [5.41, 5.74) is 4.13.